The maximum Gasteiger partial charge on any atom is 0.261 e. The van der Waals surface area contributed by atoms with E-state index in [0.29, 0.717) is 12.1 Å². The fourth-order valence-electron chi connectivity index (χ4n) is 1.76. The third kappa shape index (κ3) is 3.19. The molecule has 0 aliphatic rings. The summed E-state index contributed by atoms with van der Waals surface area (Å²) in [6.45, 7) is -0.102. The third-order valence-corrected chi connectivity index (χ3v) is 2.76. The summed E-state index contributed by atoms with van der Waals surface area (Å²) >= 11 is 0. The number of benzene rings is 2. The molecule has 110 valence electrons. The minimum absolute atomic E-state index is 0.102. The van der Waals surface area contributed by atoms with Crippen molar-refractivity contribution in [3.8, 4) is 0 Å². The molecule has 0 aromatic heterocycles. The molecule has 0 atom stereocenters. The van der Waals surface area contributed by atoms with E-state index < -0.39 is 34.7 Å². The number of carbonyl (C=O) groups is 1. The predicted octanol–water partition coefficient (Wildman–Crippen LogP) is 2.95. The van der Waals surface area contributed by atoms with E-state index in [4.69, 9.17) is 5.73 Å². The lowest BCUT2D eigenvalue weighted by molar-refractivity contribution is 0.101. The van der Waals surface area contributed by atoms with Gasteiger partial charge in [0.05, 0.1) is 0 Å². The van der Waals surface area contributed by atoms with E-state index >= 15 is 0 Å². The molecule has 2 aromatic rings. The molecule has 0 fully saturated rings. The fourth-order valence-corrected chi connectivity index (χ4v) is 1.76. The Bertz CT molecular complexity index is 680. The molecular formula is C14H10F4N2O. The minimum atomic E-state index is -1.33. The lowest BCUT2D eigenvalue weighted by Gasteiger charge is -2.09. The molecule has 1 amide bonds. The van der Waals surface area contributed by atoms with Crippen molar-refractivity contribution in [2.75, 3.05) is 5.32 Å². The molecule has 0 unspecified atom stereocenters. The average Bonchev–Trinajstić information content (AvgIpc) is 2.39. The number of nitrogens with one attached hydrogen (secondary N) is 1. The Morgan fingerprint density at radius 1 is 1.00 bits per heavy atom. The molecule has 0 aliphatic heterocycles. The molecule has 0 heterocycles. The molecule has 0 radical (unpaired) electrons. The van der Waals surface area contributed by atoms with Gasteiger partial charge in [0.15, 0.2) is 0 Å². The molecule has 3 N–H and O–H groups in total. The molecule has 7 heteroatoms. The number of rotatable bonds is 3. The Morgan fingerprint density at radius 2 is 1.62 bits per heavy atom. The van der Waals surface area contributed by atoms with Crippen LogP contribution in [0.15, 0.2) is 30.3 Å². The van der Waals surface area contributed by atoms with Gasteiger partial charge < -0.3 is 11.1 Å². The molecule has 0 bridgehead atoms. The van der Waals surface area contributed by atoms with Gasteiger partial charge in [-0.05, 0) is 18.2 Å². The largest absolute Gasteiger partial charge is 0.326 e. The van der Waals surface area contributed by atoms with Crippen LogP contribution in [0.4, 0.5) is 23.2 Å². The van der Waals surface area contributed by atoms with Crippen molar-refractivity contribution in [1.82, 2.24) is 0 Å². The summed E-state index contributed by atoms with van der Waals surface area (Å²) in [5.74, 6) is -5.46. The summed E-state index contributed by atoms with van der Waals surface area (Å²) in [6, 6.07) is 4.31. The molecular weight excluding hydrogens is 288 g/mol. The van der Waals surface area contributed by atoms with Crippen LogP contribution in [0, 0.1) is 23.3 Å². The maximum absolute atomic E-state index is 13.5. The van der Waals surface area contributed by atoms with Crippen LogP contribution >= 0.6 is 0 Å². The first-order valence-corrected chi connectivity index (χ1v) is 5.86. The van der Waals surface area contributed by atoms with Crippen LogP contribution in [0.3, 0.4) is 0 Å². The number of anilines is 1. The summed E-state index contributed by atoms with van der Waals surface area (Å²) in [6.07, 6.45) is 0. The highest BCUT2D eigenvalue weighted by molar-refractivity contribution is 6.04. The van der Waals surface area contributed by atoms with Gasteiger partial charge in [-0.1, -0.05) is 0 Å². The van der Waals surface area contributed by atoms with Crippen LogP contribution in [0.2, 0.25) is 0 Å². The molecule has 2 aromatic carbocycles. The number of halogens is 4. The summed E-state index contributed by atoms with van der Waals surface area (Å²) in [5, 5.41) is 2.20. The smallest absolute Gasteiger partial charge is 0.261 e. The number of hydrogen-bond donors (Lipinski definition) is 2. The van der Waals surface area contributed by atoms with Gasteiger partial charge in [0.1, 0.15) is 28.8 Å². The van der Waals surface area contributed by atoms with Gasteiger partial charge in [-0.2, -0.15) is 0 Å². The Kier molecular flexibility index (Phi) is 4.23. The van der Waals surface area contributed by atoms with Gasteiger partial charge in [0.2, 0.25) is 0 Å². The van der Waals surface area contributed by atoms with Crippen molar-refractivity contribution >= 4 is 11.6 Å². The van der Waals surface area contributed by atoms with Crippen LogP contribution in [-0.2, 0) is 6.54 Å². The highest BCUT2D eigenvalue weighted by Crippen LogP contribution is 2.19. The zero-order valence-electron chi connectivity index (χ0n) is 10.6. The normalized spacial score (nSPS) is 10.5. The Labute approximate surface area is 117 Å². The predicted molar refractivity (Wildman–Crippen MR) is 68.6 cm³/mol. The van der Waals surface area contributed by atoms with Crippen molar-refractivity contribution in [2.45, 2.75) is 6.54 Å². The van der Waals surface area contributed by atoms with Gasteiger partial charge >= 0.3 is 0 Å². The Hall–Kier alpha value is -2.41. The molecule has 3 nitrogen and oxygen atoms in total. The summed E-state index contributed by atoms with van der Waals surface area (Å²) < 4.78 is 52.9. The van der Waals surface area contributed by atoms with Crippen LogP contribution in [-0.4, -0.2) is 5.91 Å². The molecule has 0 saturated heterocycles. The van der Waals surface area contributed by atoms with Crippen molar-refractivity contribution < 1.29 is 22.4 Å². The lowest BCUT2D eigenvalue weighted by atomic mass is 10.1. The van der Waals surface area contributed by atoms with Crippen LogP contribution in [0.1, 0.15) is 15.9 Å². The zero-order chi connectivity index (χ0) is 15.6. The first kappa shape index (κ1) is 15.0. The molecule has 0 spiro atoms. The fraction of sp³-hybridized carbons (Fsp3) is 0.0714. The van der Waals surface area contributed by atoms with Crippen molar-refractivity contribution in [3.63, 3.8) is 0 Å². The SMILES string of the molecule is NCc1cc(NC(=O)c2c(F)cc(F)cc2F)ccc1F. The van der Waals surface area contributed by atoms with E-state index in [9.17, 15) is 22.4 Å². The zero-order valence-corrected chi connectivity index (χ0v) is 10.6. The van der Waals surface area contributed by atoms with Crippen LogP contribution in [0.5, 0.6) is 0 Å². The van der Waals surface area contributed by atoms with E-state index in [0.717, 1.165) is 6.07 Å². The topological polar surface area (TPSA) is 55.1 Å². The molecule has 2 rings (SSSR count). The maximum atomic E-state index is 13.5. The van der Waals surface area contributed by atoms with Gasteiger partial charge in [-0.15, -0.1) is 0 Å². The Morgan fingerprint density at radius 3 is 2.19 bits per heavy atom. The van der Waals surface area contributed by atoms with E-state index in [-0.39, 0.29) is 17.8 Å². The van der Waals surface area contributed by atoms with Crippen molar-refractivity contribution in [2.24, 2.45) is 5.73 Å². The second kappa shape index (κ2) is 5.92. The van der Waals surface area contributed by atoms with Gasteiger partial charge in [-0.3, -0.25) is 4.79 Å². The van der Waals surface area contributed by atoms with Crippen LogP contribution < -0.4 is 11.1 Å². The standard InChI is InChI=1S/C14H10F4N2O/c15-8-4-11(17)13(12(18)5-8)14(21)20-9-1-2-10(16)7(3-9)6-19/h1-5H,6,19H2,(H,20,21). The molecule has 0 aliphatic carbocycles. The highest BCUT2D eigenvalue weighted by atomic mass is 19.1. The summed E-state index contributed by atoms with van der Waals surface area (Å²) in [5.41, 5.74) is 4.64. The van der Waals surface area contributed by atoms with Gasteiger partial charge in [0.25, 0.3) is 5.91 Å². The summed E-state index contributed by atoms with van der Waals surface area (Å²) in [4.78, 5) is 11.8. The summed E-state index contributed by atoms with van der Waals surface area (Å²) in [7, 11) is 0. The quantitative estimate of drug-likeness (QED) is 0.856. The first-order chi connectivity index (χ1) is 9.92. The van der Waals surface area contributed by atoms with Gasteiger partial charge in [0, 0.05) is 29.9 Å². The minimum Gasteiger partial charge on any atom is -0.326 e. The molecule has 21 heavy (non-hydrogen) atoms. The highest BCUT2D eigenvalue weighted by Gasteiger charge is 2.19. The van der Waals surface area contributed by atoms with Gasteiger partial charge in [-0.25, -0.2) is 17.6 Å². The monoisotopic (exact) mass is 298 g/mol. The second-order valence-corrected chi connectivity index (χ2v) is 4.21. The Balaban J connectivity index is 2.30. The average molecular weight is 298 g/mol. The lowest BCUT2D eigenvalue weighted by Crippen LogP contribution is -2.16. The van der Waals surface area contributed by atoms with E-state index in [1.54, 1.807) is 0 Å². The molecule has 0 saturated carbocycles. The number of hydrogen-bond acceptors (Lipinski definition) is 2. The van der Waals surface area contributed by atoms with E-state index in [1.807, 2.05) is 0 Å². The van der Waals surface area contributed by atoms with E-state index in [1.165, 1.54) is 12.1 Å². The number of nitrogens with two attached hydrogens (primary N) is 1. The second-order valence-electron chi connectivity index (χ2n) is 4.21. The van der Waals surface area contributed by atoms with E-state index in [2.05, 4.69) is 5.32 Å². The third-order valence-electron chi connectivity index (χ3n) is 2.76. The number of carbonyl (C=O) groups excluding carboxylic acids is 1. The van der Waals surface area contributed by atoms with Crippen molar-refractivity contribution in [3.05, 3.63) is 64.7 Å². The first-order valence-electron chi connectivity index (χ1n) is 5.86. The van der Waals surface area contributed by atoms with Crippen molar-refractivity contribution in [1.29, 1.82) is 0 Å². The van der Waals surface area contributed by atoms with Crippen LogP contribution in [0.25, 0.3) is 0 Å². The number of amides is 1.